The number of para-hydroxylation sites is 1. The maximum absolute atomic E-state index is 11.6. The van der Waals surface area contributed by atoms with Crippen LogP contribution in [0.15, 0.2) is 66.7 Å². The second kappa shape index (κ2) is 7.64. The lowest BCUT2D eigenvalue weighted by molar-refractivity contribution is 0.298. The Balaban J connectivity index is 1.90. The van der Waals surface area contributed by atoms with Gasteiger partial charge in [0.05, 0.1) is 13.4 Å². The molecule has 1 aliphatic heterocycles. The summed E-state index contributed by atoms with van der Waals surface area (Å²) < 4.78 is 37.3. The topological polar surface area (TPSA) is 64.6 Å². The molecule has 0 saturated carbocycles. The van der Waals surface area contributed by atoms with Crippen molar-refractivity contribution in [3.05, 3.63) is 89.0 Å². The first-order valence-corrected chi connectivity index (χ1v) is 11.0. The quantitative estimate of drug-likeness (QED) is 0.689. The van der Waals surface area contributed by atoms with Gasteiger partial charge in [-0.05, 0) is 47.0 Å². The van der Waals surface area contributed by atoms with E-state index in [9.17, 15) is 8.42 Å². The molecular formula is C23H21NO4S. The molecule has 29 heavy (non-hydrogen) atoms. The number of nitrogens with one attached hydrogen (secondary N) is 1. The van der Waals surface area contributed by atoms with Crippen LogP contribution in [-0.4, -0.2) is 21.8 Å². The highest BCUT2D eigenvalue weighted by Gasteiger charge is 2.21. The minimum Gasteiger partial charge on any atom is -0.496 e. The van der Waals surface area contributed by atoms with E-state index in [-0.39, 0.29) is 0 Å². The molecule has 0 aromatic heterocycles. The lowest BCUT2D eigenvalue weighted by Crippen LogP contribution is -2.09. The Labute approximate surface area is 170 Å². The van der Waals surface area contributed by atoms with Crippen molar-refractivity contribution >= 4 is 27.4 Å². The normalized spacial score (nSPS) is 14.3. The average Bonchev–Trinajstić information content (AvgIpc) is 2.84. The van der Waals surface area contributed by atoms with Crippen LogP contribution in [0.2, 0.25) is 0 Å². The third-order valence-electron chi connectivity index (χ3n) is 4.69. The Bertz CT molecular complexity index is 1200. The van der Waals surface area contributed by atoms with Gasteiger partial charge in [-0.3, -0.25) is 4.72 Å². The van der Waals surface area contributed by atoms with Crippen molar-refractivity contribution in [2.45, 2.75) is 6.61 Å². The molecule has 5 nitrogen and oxygen atoms in total. The predicted molar refractivity (Wildman–Crippen MR) is 116 cm³/mol. The molecule has 1 heterocycles. The van der Waals surface area contributed by atoms with E-state index in [1.807, 2.05) is 66.7 Å². The minimum atomic E-state index is -3.35. The van der Waals surface area contributed by atoms with Crippen LogP contribution in [0.25, 0.3) is 11.6 Å². The third kappa shape index (κ3) is 4.12. The van der Waals surface area contributed by atoms with E-state index in [2.05, 4.69) is 4.72 Å². The summed E-state index contributed by atoms with van der Waals surface area (Å²) >= 11 is 0. The molecular weight excluding hydrogens is 386 g/mol. The minimum absolute atomic E-state index is 0.406. The number of anilines is 1. The monoisotopic (exact) mass is 407 g/mol. The van der Waals surface area contributed by atoms with E-state index in [1.54, 1.807) is 13.2 Å². The predicted octanol–water partition coefficient (Wildman–Crippen LogP) is 4.55. The summed E-state index contributed by atoms with van der Waals surface area (Å²) in [4.78, 5) is 0. The number of fused-ring (bicyclic) bond motifs is 2. The first-order chi connectivity index (χ1) is 13.9. The molecule has 0 radical (unpaired) electrons. The van der Waals surface area contributed by atoms with Crippen molar-refractivity contribution in [2.24, 2.45) is 0 Å². The molecule has 1 aliphatic rings. The molecule has 0 atom stereocenters. The summed E-state index contributed by atoms with van der Waals surface area (Å²) in [7, 11) is -1.70. The molecule has 0 bridgehead atoms. The van der Waals surface area contributed by atoms with Crippen LogP contribution >= 0.6 is 0 Å². The first-order valence-electron chi connectivity index (χ1n) is 9.12. The summed E-state index contributed by atoms with van der Waals surface area (Å²) in [6.45, 7) is 0.406. The summed E-state index contributed by atoms with van der Waals surface area (Å²) in [6.07, 6.45) is 3.18. The van der Waals surface area contributed by atoms with Gasteiger partial charge in [-0.15, -0.1) is 0 Å². The smallest absolute Gasteiger partial charge is 0.229 e. The number of ether oxygens (including phenoxy) is 2. The fraction of sp³-hybridized carbons (Fsp3) is 0.130. The van der Waals surface area contributed by atoms with E-state index < -0.39 is 10.0 Å². The maximum atomic E-state index is 11.6. The molecule has 4 rings (SSSR count). The van der Waals surface area contributed by atoms with Crippen molar-refractivity contribution in [2.75, 3.05) is 18.1 Å². The van der Waals surface area contributed by atoms with Gasteiger partial charge in [0.1, 0.15) is 18.1 Å². The van der Waals surface area contributed by atoms with Gasteiger partial charge in [-0.2, -0.15) is 0 Å². The highest BCUT2D eigenvalue weighted by Crippen LogP contribution is 2.40. The summed E-state index contributed by atoms with van der Waals surface area (Å²) in [5.41, 5.74) is 5.35. The number of hydrogen-bond acceptors (Lipinski definition) is 4. The van der Waals surface area contributed by atoms with Crippen molar-refractivity contribution in [1.82, 2.24) is 0 Å². The molecule has 1 N–H and O–H groups in total. The Hall–Kier alpha value is -3.25. The lowest BCUT2D eigenvalue weighted by Gasteiger charge is -2.13. The number of rotatable bonds is 4. The Morgan fingerprint density at radius 3 is 2.55 bits per heavy atom. The highest BCUT2D eigenvalue weighted by atomic mass is 32.2. The summed E-state index contributed by atoms with van der Waals surface area (Å²) in [5, 5.41) is 0. The van der Waals surface area contributed by atoms with Crippen LogP contribution in [-0.2, 0) is 16.6 Å². The molecule has 3 aromatic carbocycles. The molecule has 0 unspecified atom stereocenters. The summed E-state index contributed by atoms with van der Waals surface area (Å²) in [6, 6.07) is 21.1. The molecule has 6 heteroatoms. The molecule has 3 aromatic rings. The van der Waals surface area contributed by atoms with Gasteiger partial charge in [-0.25, -0.2) is 8.42 Å². The number of benzene rings is 3. The van der Waals surface area contributed by atoms with Gasteiger partial charge in [0.15, 0.2) is 0 Å². The Morgan fingerprint density at radius 2 is 1.76 bits per heavy atom. The molecule has 0 saturated heterocycles. The molecule has 0 amide bonds. The third-order valence-corrected chi connectivity index (χ3v) is 5.30. The van der Waals surface area contributed by atoms with Gasteiger partial charge < -0.3 is 9.47 Å². The largest absolute Gasteiger partial charge is 0.496 e. The second-order valence-electron chi connectivity index (χ2n) is 6.83. The molecule has 0 fully saturated rings. The van der Waals surface area contributed by atoms with Crippen LogP contribution in [0.5, 0.6) is 11.5 Å². The van der Waals surface area contributed by atoms with Crippen LogP contribution in [0.3, 0.4) is 0 Å². The van der Waals surface area contributed by atoms with Gasteiger partial charge in [0.25, 0.3) is 0 Å². The van der Waals surface area contributed by atoms with Gasteiger partial charge in [0.2, 0.25) is 10.0 Å². The van der Waals surface area contributed by atoms with Crippen molar-refractivity contribution in [3.8, 4) is 11.5 Å². The zero-order valence-corrected chi connectivity index (χ0v) is 17.0. The van der Waals surface area contributed by atoms with E-state index in [1.165, 1.54) is 0 Å². The highest BCUT2D eigenvalue weighted by molar-refractivity contribution is 7.92. The molecule has 0 aliphatic carbocycles. The standard InChI is InChI=1S/C23H21NO4S/c1-27-22-12-6-10-18-20(19-9-3-4-11-23(19)28-15-21(18)22)14-16-7-5-8-17(13-16)24-29(2,25)26/h3-14,24H,15H2,1-2H3. The van der Waals surface area contributed by atoms with E-state index >= 15 is 0 Å². The first kappa shape index (κ1) is 19.1. The Morgan fingerprint density at radius 1 is 1.00 bits per heavy atom. The van der Waals surface area contributed by atoms with Crippen LogP contribution in [0, 0.1) is 0 Å². The lowest BCUT2D eigenvalue weighted by atomic mass is 9.92. The average molecular weight is 407 g/mol. The SMILES string of the molecule is COc1cccc2c1COc1ccccc1C2=Cc1cccc(NS(C)(=O)=O)c1. The second-order valence-corrected chi connectivity index (χ2v) is 8.58. The number of sulfonamides is 1. The summed E-state index contributed by atoms with van der Waals surface area (Å²) in [5.74, 6) is 1.57. The zero-order valence-electron chi connectivity index (χ0n) is 16.2. The van der Waals surface area contributed by atoms with Crippen LogP contribution < -0.4 is 14.2 Å². The fourth-order valence-electron chi connectivity index (χ4n) is 3.50. The van der Waals surface area contributed by atoms with Crippen molar-refractivity contribution in [3.63, 3.8) is 0 Å². The van der Waals surface area contributed by atoms with Gasteiger partial charge in [-0.1, -0.05) is 42.5 Å². The van der Waals surface area contributed by atoms with E-state index in [4.69, 9.17) is 9.47 Å². The van der Waals surface area contributed by atoms with Gasteiger partial charge in [0, 0.05) is 16.8 Å². The van der Waals surface area contributed by atoms with E-state index in [0.717, 1.165) is 45.6 Å². The van der Waals surface area contributed by atoms with E-state index in [0.29, 0.717) is 12.3 Å². The zero-order chi connectivity index (χ0) is 20.4. The molecule has 0 spiro atoms. The van der Waals surface area contributed by atoms with Crippen LogP contribution in [0.4, 0.5) is 5.69 Å². The molecule has 148 valence electrons. The van der Waals surface area contributed by atoms with Crippen LogP contribution in [0.1, 0.15) is 22.3 Å². The van der Waals surface area contributed by atoms with Crippen molar-refractivity contribution < 1.29 is 17.9 Å². The Kier molecular flexibility index (Phi) is 5.03. The maximum Gasteiger partial charge on any atom is 0.229 e. The number of hydrogen-bond donors (Lipinski definition) is 1. The van der Waals surface area contributed by atoms with Gasteiger partial charge >= 0.3 is 0 Å². The number of methoxy groups -OCH3 is 1. The van der Waals surface area contributed by atoms with Crippen molar-refractivity contribution in [1.29, 1.82) is 0 Å². The fourth-order valence-corrected chi connectivity index (χ4v) is 4.05.